The molecule has 0 heterocycles. The lowest BCUT2D eigenvalue weighted by atomic mass is 9.98. The summed E-state index contributed by atoms with van der Waals surface area (Å²) in [6, 6.07) is 8.74. The maximum Gasteiger partial charge on any atom is 0.417 e. The zero-order valence-corrected chi connectivity index (χ0v) is 10.7. The van der Waals surface area contributed by atoms with Gasteiger partial charge in [0.15, 0.2) is 0 Å². The fourth-order valence-electron chi connectivity index (χ4n) is 1.84. The Morgan fingerprint density at radius 1 is 1.10 bits per heavy atom. The van der Waals surface area contributed by atoms with Crippen LogP contribution in [-0.4, -0.2) is 11.1 Å². The lowest BCUT2D eigenvalue weighted by Gasteiger charge is -2.13. The molecule has 1 N–H and O–H groups in total. The highest BCUT2D eigenvalue weighted by molar-refractivity contribution is 6.33. The van der Waals surface area contributed by atoms with Gasteiger partial charge in [0.25, 0.3) is 0 Å². The van der Waals surface area contributed by atoms with Gasteiger partial charge in [-0.1, -0.05) is 35.9 Å². The summed E-state index contributed by atoms with van der Waals surface area (Å²) in [6.07, 6.45) is -4.51. The normalized spacial score (nSPS) is 11.4. The number of hydrogen-bond acceptors (Lipinski definition) is 1. The Morgan fingerprint density at radius 3 is 2.35 bits per heavy atom. The maximum absolute atomic E-state index is 12.9. The summed E-state index contributed by atoms with van der Waals surface area (Å²) in [5.41, 5.74) is -0.987. The highest BCUT2D eigenvalue weighted by Crippen LogP contribution is 2.37. The van der Waals surface area contributed by atoms with Crippen molar-refractivity contribution < 1.29 is 23.1 Å². The predicted molar refractivity (Wildman–Crippen MR) is 68.8 cm³/mol. The molecule has 0 spiro atoms. The minimum Gasteiger partial charge on any atom is -0.478 e. The van der Waals surface area contributed by atoms with E-state index in [2.05, 4.69) is 0 Å². The molecular weight excluding hydrogens is 293 g/mol. The first-order valence-corrected chi connectivity index (χ1v) is 5.88. The predicted octanol–water partition coefficient (Wildman–Crippen LogP) is 4.72. The van der Waals surface area contributed by atoms with Gasteiger partial charge >= 0.3 is 12.1 Å². The SMILES string of the molecule is O=C(O)c1cc(-c2ccccc2C(F)(F)F)ccc1Cl. The third kappa shape index (κ3) is 2.77. The number of alkyl halides is 3. The molecule has 0 atom stereocenters. The molecule has 0 amide bonds. The summed E-state index contributed by atoms with van der Waals surface area (Å²) in [7, 11) is 0. The molecule has 0 aromatic heterocycles. The number of carbonyl (C=O) groups is 1. The van der Waals surface area contributed by atoms with Gasteiger partial charge in [0.1, 0.15) is 0 Å². The molecule has 2 nitrogen and oxygen atoms in total. The second kappa shape index (κ2) is 5.17. The lowest BCUT2D eigenvalue weighted by molar-refractivity contribution is -0.137. The van der Waals surface area contributed by atoms with Gasteiger partial charge in [-0.05, 0) is 29.3 Å². The van der Waals surface area contributed by atoms with E-state index in [0.717, 1.165) is 12.1 Å². The van der Waals surface area contributed by atoms with E-state index in [4.69, 9.17) is 16.7 Å². The third-order valence-electron chi connectivity index (χ3n) is 2.74. The molecule has 0 aliphatic heterocycles. The zero-order chi connectivity index (χ0) is 14.9. The Bertz CT molecular complexity index is 666. The summed E-state index contributed by atoms with van der Waals surface area (Å²) in [6.45, 7) is 0. The van der Waals surface area contributed by atoms with Gasteiger partial charge in [0.05, 0.1) is 16.1 Å². The molecule has 2 aromatic rings. The molecule has 0 unspecified atom stereocenters. The van der Waals surface area contributed by atoms with Gasteiger partial charge in [-0.3, -0.25) is 0 Å². The molecular formula is C14H8ClF3O2. The van der Waals surface area contributed by atoms with Crippen molar-refractivity contribution >= 4 is 17.6 Å². The van der Waals surface area contributed by atoms with Crippen molar-refractivity contribution in [2.45, 2.75) is 6.18 Å². The maximum atomic E-state index is 12.9. The molecule has 0 fully saturated rings. The van der Waals surface area contributed by atoms with E-state index in [-0.39, 0.29) is 21.7 Å². The molecule has 2 aromatic carbocycles. The molecule has 0 aliphatic rings. The van der Waals surface area contributed by atoms with E-state index >= 15 is 0 Å². The summed E-state index contributed by atoms with van der Waals surface area (Å²) in [4.78, 5) is 11.0. The average molecular weight is 301 g/mol. The van der Waals surface area contributed by atoms with Crippen LogP contribution in [0.3, 0.4) is 0 Å². The van der Waals surface area contributed by atoms with Gasteiger partial charge in [-0.25, -0.2) is 4.79 Å². The second-order valence-corrected chi connectivity index (χ2v) is 4.45. The number of benzene rings is 2. The van der Waals surface area contributed by atoms with Crippen LogP contribution in [0.4, 0.5) is 13.2 Å². The second-order valence-electron chi connectivity index (χ2n) is 4.04. The van der Waals surface area contributed by atoms with Crippen molar-refractivity contribution in [1.29, 1.82) is 0 Å². The van der Waals surface area contributed by atoms with Crippen molar-refractivity contribution in [3.8, 4) is 11.1 Å². The number of aromatic carboxylic acids is 1. The van der Waals surface area contributed by atoms with Crippen LogP contribution in [-0.2, 0) is 6.18 Å². The van der Waals surface area contributed by atoms with Crippen LogP contribution in [0.25, 0.3) is 11.1 Å². The average Bonchev–Trinajstić information content (AvgIpc) is 2.38. The van der Waals surface area contributed by atoms with Crippen molar-refractivity contribution in [1.82, 2.24) is 0 Å². The van der Waals surface area contributed by atoms with E-state index in [0.29, 0.717) is 0 Å². The molecule has 0 saturated carbocycles. The Balaban J connectivity index is 2.64. The number of carboxylic acids is 1. The van der Waals surface area contributed by atoms with Crippen LogP contribution in [0.5, 0.6) is 0 Å². The van der Waals surface area contributed by atoms with Gasteiger partial charge in [-0.2, -0.15) is 13.2 Å². The van der Waals surface area contributed by atoms with Crippen LogP contribution >= 0.6 is 11.6 Å². The van der Waals surface area contributed by atoms with Crippen molar-refractivity contribution in [2.75, 3.05) is 0 Å². The number of hydrogen-bond donors (Lipinski definition) is 1. The van der Waals surface area contributed by atoms with Crippen LogP contribution < -0.4 is 0 Å². The van der Waals surface area contributed by atoms with E-state index in [1.165, 1.54) is 30.3 Å². The Kier molecular flexibility index (Phi) is 3.72. The van der Waals surface area contributed by atoms with Gasteiger partial charge in [0.2, 0.25) is 0 Å². The summed E-state index contributed by atoms with van der Waals surface area (Å²) < 4.78 is 38.8. The first kappa shape index (κ1) is 14.4. The minimum absolute atomic E-state index is 0.0225. The van der Waals surface area contributed by atoms with Crippen LogP contribution in [0.1, 0.15) is 15.9 Å². The van der Waals surface area contributed by atoms with E-state index in [1.54, 1.807) is 0 Å². The van der Waals surface area contributed by atoms with E-state index in [9.17, 15) is 18.0 Å². The Hall–Kier alpha value is -2.01. The minimum atomic E-state index is -4.51. The van der Waals surface area contributed by atoms with E-state index in [1.807, 2.05) is 0 Å². The fourth-order valence-corrected chi connectivity index (χ4v) is 2.04. The first-order valence-electron chi connectivity index (χ1n) is 5.50. The number of rotatable bonds is 2. The molecule has 2 rings (SSSR count). The fraction of sp³-hybridized carbons (Fsp3) is 0.0714. The van der Waals surface area contributed by atoms with Crippen molar-refractivity contribution in [3.63, 3.8) is 0 Å². The molecule has 0 saturated heterocycles. The monoisotopic (exact) mass is 300 g/mol. The van der Waals surface area contributed by atoms with Crippen LogP contribution in [0.15, 0.2) is 42.5 Å². The van der Waals surface area contributed by atoms with Crippen LogP contribution in [0, 0.1) is 0 Å². The summed E-state index contributed by atoms with van der Waals surface area (Å²) in [5.74, 6) is -1.29. The summed E-state index contributed by atoms with van der Waals surface area (Å²) >= 11 is 5.71. The molecule has 0 bridgehead atoms. The molecule has 0 aliphatic carbocycles. The Morgan fingerprint density at radius 2 is 1.75 bits per heavy atom. The molecule has 20 heavy (non-hydrogen) atoms. The smallest absolute Gasteiger partial charge is 0.417 e. The molecule has 6 heteroatoms. The molecule has 104 valence electrons. The molecule has 0 radical (unpaired) electrons. The Labute approximate surface area is 117 Å². The number of carboxylic acid groups (broad SMARTS) is 1. The van der Waals surface area contributed by atoms with Gasteiger partial charge in [0, 0.05) is 0 Å². The van der Waals surface area contributed by atoms with Crippen molar-refractivity contribution in [2.24, 2.45) is 0 Å². The highest BCUT2D eigenvalue weighted by Gasteiger charge is 2.33. The van der Waals surface area contributed by atoms with E-state index < -0.39 is 17.7 Å². The largest absolute Gasteiger partial charge is 0.478 e. The van der Waals surface area contributed by atoms with Gasteiger partial charge < -0.3 is 5.11 Å². The lowest BCUT2D eigenvalue weighted by Crippen LogP contribution is -2.07. The zero-order valence-electron chi connectivity index (χ0n) is 9.91. The summed E-state index contributed by atoms with van der Waals surface area (Å²) in [5, 5.41) is 8.94. The first-order chi connectivity index (χ1) is 9.30. The third-order valence-corrected chi connectivity index (χ3v) is 3.07. The highest BCUT2D eigenvalue weighted by atomic mass is 35.5. The topological polar surface area (TPSA) is 37.3 Å². The van der Waals surface area contributed by atoms with Gasteiger partial charge in [-0.15, -0.1) is 0 Å². The van der Waals surface area contributed by atoms with Crippen molar-refractivity contribution in [3.05, 3.63) is 58.6 Å². The quantitative estimate of drug-likeness (QED) is 0.871. The van der Waals surface area contributed by atoms with Crippen LogP contribution in [0.2, 0.25) is 5.02 Å². The number of halogens is 4. The standard InChI is InChI=1S/C14H8ClF3O2/c15-12-6-5-8(7-10(12)13(19)20)9-3-1-2-4-11(9)14(16,17)18/h1-7H,(H,19,20).